The van der Waals surface area contributed by atoms with Crippen LogP contribution in [-0.4, -0.2) is 13.2 Å². The maximum absolute atomic E-state index is 13.6. The topological polar surface area (TPSA) is 48.7 Å². The highest BCUT2D eigenvalue weighted by atomic mass is 19.4. The lowest BCUT2D eigenvalue weighted by molar-refractivity contribution is -0.152. The van der Waals surface area contributed by atoms with Crippen LogP contribution in [0.4, 0.5) is 13.2 Å². The molecule has 0 radical (unpaired) electrons. The van der Waals surface area contributed by atoms with Crippen LogP contribution in [0.5, 0.6) is 11.5 Å². The van der Waals surface area contributed by atoms with Crippen LogP contribution in [0.2, 0.25) is 0 Å². The zero-order valence-electron chi connectivity index (χ0n) is 13.4. The predicted octanol–water partition coefficient (Wildman–Crippen LogP) is 4.64. The fraction of sp³-hybridized carbons (Fsp3) is 0.211. The summed E-state index contributed by atoms with van der Waals surface area (Å²) < 4.78 is 57.1. The van der Waals surface area contributed by atoms with Gasteiger partial charge in [-0.25, -0.2) is 0 Å². The summed E-state index contributed by atoms with van der Waals surface area (Å²) in [6.07, 6.45) is -4.26. The molecule has 0 saturated carbocycles. The van der Waals surface area contributed by atoms with E-state index in [-0.39, 0.29) is 34.6 Å². The molecule has 0 aliphatic carbocycles. The highest BCUT2D eigenvalue weighted by Gasteiger charge is 2.40. The second-order valence-electron chi connectivity index (χ2n) is 5.82. The Labute approximate surface area is 145 Å². The predicted molar refractivity (Wildman–Crippen MR) is 88.5 cm³/mol. The van der Waals surface area contributed by atoms with E-state index >= 15 is 0 Å². The first kappa shape index (κ1) is 16.5. The SMILES string of the molecule is O=c1c(-c2ccccc2)c(C(F)(F)F)oc2c3c(ccc12)OCCCO3. The van der Waals surface area contributed by atoms with E-state index in [0.717, 1.165) is 0 Å². The summed E-state index contributed by atoms with van der Waals surface area (Å²) in [6, 6.07) is 10.6. The largest absolute Gasteiger partial charge is 0.489 e. The van der Waals surface area contributed by atoms with Crippen molar-refractivity contribution in [2.75, 3.05) is 13.2 Å². The van der Waals surface area contributed by atoms with Gasteiger partial charge >= 0.3 is 6.18 Å². The van der Waals surface area contributed by atoms with E-state index in [0.29, 0.717) is 13.0 Å². The van der Waals surface area contributed by atoms with Crippen LogP contribution in [0, 0.1) is 0 Å². The molecule has 2 aromatic carbocycles. The van der Waals surface area contributed by atoms with Crippen LogP contribution >= 0.6 is 0 Å². The van der Waals surface area contributed by atoms with Gasteiger partial charge in [0.05, 0.1) is 24.2 Å². The fourth-order valence-corrected chi connectivity index (χ4v) is 2.95. The smallest absolute Gasteiger partial charge is 0.450 e. The van der Waals surface area contributed by atoms with Crippen LogP contribution in [0.3, 0.4) is 0 Å². The molecule has 1 aromatic heterocycles. The van der Waals surface area contributed by atoms with Crippen molar-refractivity contribution in [1.29, 1.82) is 0 Å². The van der Waals surface area contributed by atoms with Crippen molar-refractivity contribution in [3.05, 3.63) is 58.4 Å². The van der Waals surface area contributed by atoms with Crippen molar-refractivity contribution >= 4 is 11.0 Å². The van der Waals surface area contributed by atoms with Crippen molar-refractivity contribution in [2.24, 2.45) is 0 Å². The van der Waals surface area contributed by atoms with Crippen LogP contribution in [0.15, 0.2) is 51.7 Å². The summed E-state index contributed by atoms with van der Waals surface area (Å²) in [7, 11) is 0. The van der Waals surface area contributed by atoms with Crippen molar-refractivity contribution in [3.63, 3.8) is 0 Å². The Morgan fingerprint density at radius 2 is 1.65 bits per heavy atom. The van der Waals surface area contributed by atoms with Gasteiger partial charge in [0.2, 0.25) is 16.9 Å². The molecule has 1 aliphatic heterocycles. The molecular weight excluding hydrogens is 349 g/mol. The Hall–Kier alpha value is -2.96. The molecule has 4 nitrogen and oxygen atoms in total. The maximum atomic E-state index is 13.6. The molecule has 0 N–H and O–H groups in total. The minimum Gasteiger partial charge on any atom is -0.489 e. The van der Waals surface area contributed by atoms with E-state index in [2.05, 4.69) is 0 Å². The first-order chi connectivity index (χ1) is 12.5. The van der Waals surface area contributed by atoms with Crippen LogP contribution in [0.1, 0.15) is 12.2 Å². The monoisotopic (exact) mass is 362 g/mol. The van der Waals surface area contributed by atoms with Gasteiger partial charge in [-0.3, -0.25) is 4.79 Å². The average molecular weight is 362 g/mol. The number of ether oxygens (including phenoxy) is 2. The summed E-state index contributed by atoms with van der Waals surface area (Å²) in [5.74, 6) is -1.05. The van der Waals surface area contributed by atoms with Gasteiger partial charge in [0.25, 0.3) is 0 Å². The van der Waals surface area contributed by atoms with E-state index in [4.69, 9.17) is 13.9 Å². The Morgan fingerprint density at radius 3 is 2.38 bits per heavy atom. The van der Waals surface area contributed by atoms with Gasteiger partial charge < -0.3 is 13.9 Å². The van der Waals surface area contributed by atoms with Gasteiger partial charge in [-0.1, -0.05) is 30.3 Å². The number of benzene rings is 2. The normalized spacial score (nSPS) is 14.3. The Kier molecular flexibility index (Phi) is 3.86. The van der Waals surface area contributed by atoms with E-state index in [9.17, 15) is 18.0 Å². The second kappa shape index (κ2) is 6.09. The van der Waals surface area contributed by atoms with Crippen LogP contribution < -0.4 is 14.9 Å². The third-order valence-electron chi connectivity index (χ3n) is 4.09. The molecule has 0 bridgehead atoms. The highest BCUT2D eigenvalue weighted by molar-refractivity contribution is 5.89. The third-order valence-corrected chi connectivity index (χ3v) is 4.09. The summed E-state index contributed by atoms with van der Waals surface area (Å²) in [5, 5.41) is 0.0149. The minimum absolute atomic E-state index is 0.0149. The maximum Gasteiger partial charge on any atom is 0.450 e. The third kappa shape index (κ3) is 2.69. The Morgan fingerprint density at radius 1 is 0.923 bits per heavy atom. The lowest BCUT2D eigenvalue weighted by Crippen LogP contribution is -2.16. The van der Waals surface area contributed by atoms with Gasteiger partial charge in [0.15, 0.2) is 11.3 Å². The molecule has 26 heavy (non-hydrogen) atoms. The van der Waals surface area contributed by atoms with Gasteiger partial charge in [0, 0.05) is 6.42 Å². The lowest BCUT2D eigenvalue weighted by atomic mass is 10.0. The average Bonchev–Trinajstić information content (AvgIpc) is 2.87. The molecule has 4 rings (SSSR count). The molecule has 0 atom stereocenters. The molecule has 7 heteroatoms. The van der Waals surface area contributed by atoms with Crippen molar-refractivity contribution in [2.45, 2.75) is 12.6 Å². The molecular formula is C19H13F3O4. The van der Waals surface area contributed by atoms with E-state index in [1.807, 2.05) is 0 Å². The molecule has 0 amide bonds. The van der Waals surface area contributed by atoms with Gasteiger partial charge in [0.1, 0.15) is 0 Å². The number of rotatable bonds is 1. The number of halogens is 3. The molecule has 0 spiro atoms. The number of hydrogen-bond acceptors (Lipinski definition) is 4. The van der Waals surface area contributed by atoms with Crippen LogP contribution in [0.25, 0.3) is 22.1 Å². The Balaban J connectivity index is 2.10. The highest BCUT2D eigenvalue weighted by Crippen LogP contribution is 2.42. The summed E-state index contributed by atoms with van der Waals surface area (Å²) in [4.78, 5) is 12.9. The number of hydrogen-bond donors (Lipinski definition) is 0. The minimum atomic E-state index is -4.84. The van der Waals surface area contributed by atoms with E-state index in [1.54, 1.807) is 18.2 Å². The quantitative estimate of drug-likeness (QED) is 0.633. The first-order valence-electron chi connectivity index (χ1n) is 7.99. The molecule has 1 aliphatic rings. The van der Waals surface area contributed by atoms with E-state index in [1.165, 1.54) is 24.3 Å². The molecule has 0 unspecified atom stereocenters. The molecule has 134 valence electrons. The molecule has 0 saturated heterocycles. The standard InChI is InChI=1S/C19H13F3O4/c20-19(21,22)18-14(11-5-2-1-3-6-11)15(23)12-7-8-13-17(16(12)26-18)25-10-4-9-24-13/h1-3,5-8H,4,9-10H2. The van der Waals surface area contributed by atoms with Crippen LogP contribution in [-0.2, 0) is 6.18 Å². The molecule has 0 fully saturated rings. The van der Waals surface area contributed by atoms with E-state index < -0.39 is 22.9 Å². The number of fused-ring (bicyclic) bond motifs is 3. The zero-order chi connectivity index (χ0) is 18.3. The zero-order valence-corrected chi connectivity index (χ0v) is 13.4. The number of alkyl halides is 3. The summed E-state index contributed by atoms with van der Waals surface area (Å²) in [6.45, 7) is 0.634. The van der Waals surface area contributed by atoms with Gasteiger partial charge in [-0.05, 0) is 17.7 Å². The second-order valence-corrected chi connectivity index (χ2v) is 5.82. The summed E-state index contributed by atoms with van der Waals surface area (Å²) >= 11 is 0. The molecule has 3 aromatic rings. The van der Waals surface area contributed by atoms with Gasteiger partial charge in [-0.2, -0.15) is 13.2 Å². The van der Waals surface area contributed by atoms with Gasteiger partial charge in [-0.15, -0.1) is 0 Å². The Bertz CT molecular complexity index is 1020. The molecule has 2 heterocycles. The van der Waals surface area contributed by atoms with Crippen molar-refractivity contribution in [1.82, 2.24) is 0 Å². The first-order valence-corrected chi connectivity index (χ1v) is 7.99. The van der Waals surface area contributed by atoms with Crippen molar-refractivity contribution in [3.8, 4) is 22.6 Å². The summed E-state index contributed by atoms with van der Waals surface area (Å²) in [5.41, 5.74) is -1.38. The fourth-order valence-electron chi connectivity index (χ4n) is 2.95. The lowest BCUT2D eigenvalue weighted by Gasteiger charge is -2.15. The van der Waals surface area contributed by atoms with Crippen molar-refractivity contribution < 1.29 is 27.1 Å².